The largest absolute Gasteiger partial charge is 0.431 e. The average molecular weight is 482 g/mol. The number of carbonyl (C=O) groups excluding carboxylic acids is 1. The van der Waals surface area contributed by atoms with E-state index >= 15 is 0 Å². The van der Waals surface area contributed by atoms with Crippen molar-refractivity contribution < 1.29 is 35.9 Å². The highest BCUT2D eigenvalue weighted by atomic mass is 19.4. The Morgan fingerprint density at radius 2 is 1.67 bits per heavy atom. The Kier molecular flexibility index (Phi) is 7.65. The molecule has 1 atom stereocenters. The maximum absolute atomic E-state index is 12.7. The van der Waals surface area contributed by atoms with E-state index in [4.69, 9.17) is 4.74 Å². The van der Waals surface area contributed by atoms with Crippen molar-refractivity contribution in [1.29, 1.82) is 0 Å². The predicted molar refractivity (Wildman–Crippen MR) is 106 cm³/mol. The van der Waals surface area contributed by atoms with Gasteiger partial charge in [0.25, 0.3) is 0 Å². The minimum atomic E-state index is -4.50. The van der Waals surface area contributed by atoms with Gasteiger partial charge in [0, 0.05) is 64.2 Å². The van der Waals surface area contributed by atoms with Gasteiger partial charge in [0.05, 0.1) is 5.56 Å². The Morgan fingerprint density at radius 3 is 2.21 bits per heavy atom. The van der Waals surface area contributed by atoms with Crippen molar-refractivity contribution in [2.45, 2.75) is 38.2 Å². The highest BCUT2D eigenvalue weighted by Crippen LogP contribution is 2.28. The summed E-state index contributed by atoms with van der Waals surface area (Å²) < 4.78 is 81.3. The summed E-state index contributed by atoms with van der Waals surface area (Å²) in [4.78, 5) is 23.1. The Bertz CT molecular complexity index is 837. The summed E-state index contributed by atoms with van der Waals surface area (Å²) in [7, 11) is 0. The number of nitrogens with zero attached hydrogens (tertiary/aromatic N) is 6. The fourth-order valence-corrected chi connectivity index (χ4v) is 3.43. The van der Waals surface area contributed by atoms with Gasteiger partial charge in [-0.2, -0.15) is 31.4 Å². The highest BCUT2D eigenvalue weighted by Gasteiger charge is 2.39. The Labute approximate surface area is 186 Å². The molecule has 1 aromatic rings. The normalized spacial score (nSPS) is 18.5. The second-order valence-corrected chi connectivity index (χ2v) is 7.79. The summed E-state index contributed by atoms with van der Waals surface area (Å²) >= 11 is 0. The zero-order valence-corrected chi connectivity index (χ0v) is 17.9. The van der Waals surface area contributed by atoms with Crippen molar-refractivity contribution in [2.75, 3.05) is 50.8 Å². The molecule has 8 nitrogen and oxygen atoms in total. The third-order valence-electron chi connectivity index (χ3n) is 5.45. The van der Waals surface area contributed by atoms with Crippen LogP contribution in [0.5, 0.6) is 0 Å². The van der Waals surface area contributed by atoms with E-state index in [0.29, 0.717) is 32.6 Å². The van der Waals surface area contributed by atoms with Crippen LogP contribution < -0.4 is 4.90 Å². The number of amides is 1. The smallest absolute Gasteiger partial charge is 0.372 e. The van der Waals surface area contributed by atoms with Crippen LogP contribution in [0.3, 0.4) is 0 Å². The van der Waals surface area contributed by atoms with Gasteiger partial charge in [-0.1, -0.05) is 0 Å². The summed E-state index contributed by atoms with van der Waals surface area (Å²) in [6.07, 6.45) is -7.19. The van der Waals surface area contributed by atoms with Crippen LogP contribution >= 0.6 is 0 Å². The molecule has 0 aromatic carbocycles. The number of alkyl halides is 6. The highest BCUT2D eigenvalue weighted by molar-refractivity contribution is 5.90. The van der Waals surface area contributed by atoms with Crippen molar-refractivity contribution in [3.05, 3.63) is 18.0 Å². The zero-order valence-electron chi connectivity index (χ0n) is 17.9. The molecule has 0 bridgehead atoms. The molecular formula is C19H24F6N6O2. The van der Waals surface area contributed by atoms with E-state index in [-0.39, 0.29) is 44.1 Å². The molecule has 2 aliphatic heterocycles. The van der Waals surface area contributed by atoms with Crippen LogP contribution in [0.4, 0.5) is 32.3 Å². The lowest BCUT2D eigenvalue weighted by Crippen LogP contribution is -2.50. The first-order valence-corrected chi connectivity index (χ1v) is 10.4. The lowest BCUT2D eigenvalue weighted by atomic mass is 10.2. The van der Waals surface area contributed by atoms with Crippen molar-refractivity contribution in [1.82, 2.24) is 19.9 Å². The molecule has 14 heteroatoms. The topological polar surface area (TPSA) is 74.2 Å². The Hall–Kier alpha value is -2.64. The van der Waals surface area contributed by atoms with Crippen molar-refractivity contribution in [3.63, 3.8) is 0 Å². The molecule has 3 rings (SSSR count). The van der Waals surface area contributed by atoms with Crippen molar-refractivity contribution in [2.24, 2.45) is 5.10 Å². The van der Waals surface area contributed by atoms with E-state index in [2.05, 4.69) is 15.1 Å². The minimum absolute atomic E-state index is 0.142. The van der Waals surface area contributed by atoms with E-state index in [9.17, 15) is 31.1 Å². The van der Waals surface area contributed by atoms with Crippen LogP contribution in [0.1, 0.15) is 25.3 Å². The Morgan fingerprint density at radius 1 is 1.03 bits per heavy atom. The van der Waals surface area contributed by atoms with Gasteiger partial charge in [0.15, 0.2) is 0 Å². The summed E-state index contributed by atoms with van der Waals surface area (Å²) in [5.41, 5.74) is -1.71. The number of piperazine rings is 1. The quantitative estimate of drug-likeness (QED) is 0.440. The summed E-state index contributed by atoms with van der Waals surface area (Å²) in [6.45, 7) is 3.38. The SMILES string of the molecule is CC(CCOCC(=O)N1CCN(c2ncc(C(F)(F)F)cn2)CC1)N1CCC(C(F)(F)F)=N1. The van der Waals surface area contributed by atoms with Gasteiger partial charge in [-0.15, -0.1) is 0 Å². The number of carbonyl (C=O) groups is 1. The van der Waals surface area contributed by atoms with E-state index in [1.807, 2.05) is 0 Å². The summed E-state index contributed by atoms with van der Waals surface area (Å²) in [5, 5.41) is 5.00. The standard InChI is InChI=1S/C19H24F6N6O2/c1-13(31-4-2-15(28-31)19(23,24)25)3-9-33-12-16(32)29-5-7-30(8-6-29)17-26-10-14(11-27-17)18(20,21)22/h10-11,13H,2-9,12H2,1H3. The first-order valence-electron chi connectivity index (χ1n) is 10.4. The molecule has 0 spiro atoms. The van der Waals surface area contributed by atoms with Gasteiger partial charge in [-0.25, -0.2) is 9.97 Å². The van der Waals surface area contributed by atoms with Gasteiger partial charge in [-0.05, 0) is 13.3 Å². The first-order chi connectivity index (χ1) is 15.4. The van der Waals surface area contributed by atoms with Crippen LogP contribution in [0.15, 0.2) is 17.5 Å². The molecule has 1 unspecified atom stereocenters. The molecule has 2 aliphatic rings. The number of anilines is 1. The van der Waals surface area contributed by atoms with Gasteiger partial charge in [-0.3, -0.25) is 9.80 Å². The molecule has 1 aromatic heterocycles. The van der Waals surface area contributed by atoms with Gasteiger partial charge in [0.2, 0.25) is 11.9 Å². The second kappa shape index (κ2) is 10.1. The Balaban J connectivity index is 1.36. The van der Waals surface area contributed by atoms with Crippen LogP contribution in [-0.2, 0) is 15.7 Å². The van der Waals surface area contributed by atoms with E-state index < -0.39 is 23.6 Å². The fraction of sp³-hybridized carbons (Fsp3) is 0.684. The number of rotatable bonds is 7. The maximum atomic E-state index is 12.7. The van der Waals surface area contributed by atoms with Gasteiger partial charge in [0.1, 0.15) is 12.3 Å². The lowest BCUT2D eigenvalue weighted by molar-refractivity contribution is -0.138. The first kappa shape index (κ1) is 25.0. The van der Waals surface area contributed by atoms with E-state index in [1.165, 1.54) is 5.01 Å². The minimum Gasteiger partial charge on any atom is -0.372 e. The van der Waals surface area contributed by atoms with Crippen LogP contribution in [0.2, 0.25) is 0 Å². The molecule has 0 aliphatic carbocycles. The van der Waals surface area contributed by atoms with Crippen LogP contribution in [0, 0.1) is 0 Å². The van der Waals surface area contributed by atoms with Gasteiger partial charge >= 0.3 is 12.4 Å². The van der Waals surface area contributed by atoms with E-state index in [0.717, 1.165) is 12.4 Å². The lowest BCUT2D eigenvalue weighted by Gasteiger charge is -2.34. The second-order valence-electron chi connectivity index (χ2n) is 7.79. The number of hydrazone groups is 1. The molecule has 0 radical (unpaired) electrons. The van der Waals surface area contributed by atoms with Crippen molar-refractivity contribution >= 4 is 17.6 Å². The fourth-order valence-electron chi connectivity index (χ4n) is 3.43. The summed E-state index contributed by atoms with van der Waals surface area (Å²) in [6, 6.07) is -0.257. The number of hydrogen-bond donors (Lipinski definition) is 0. The predicted octanol–water partition coefficient (Wildman–Crippen LogP) is 2.56. The van der Waals surface area contributed by atoms with Gasteiger partial charge < -0.3 is 14.5 Å². The number of halogens is 6. The van der Waals surface area contributed by atoms with E-state index in [1.54, 1.807) is 16.7 Å². The summed E-state index contributed by atoms with van der Waals surface area (Å²) in [5.74, 6) is -0.0761. The molecule has 1 amide bonds. The molecule has 1 fully saturated rings. The van der Waals surface area contributed by atoms with Crippen LogP contribution in [0.25, 0.3) is 0 Å². The number of hydrogen-bond acceptors (Lipinski definition) is 7. The molecule has 0 N–H and O–H groups in total. The molecule has 0 saturated carbocycles. The number of aromatic nitrogens is 2. The third kappa shape index (κ3) is 6.68. The molecule has 3 heterocycles. The maximum Gasteiger partial charge on any atom is 0.431 e. The molecule has 184 valence electrons. The zero-order chi connectivity index (χ0) is 24.2. The molecule has 1 saturated heterocycles. The third-order valence-corrected chi connectivity index (χ3v) is 5.45. The van der Waals surface area contributed by atoms with Crippen LogP contribution in [-0.4, -0.2) is 89.7 Å². The van der Waals surface area contributed by atoms with Crippen molar-refractivity contribution in [3.8, 4) is 0 Å². The average Bonchev–Trinajstić information content (AvgIpc) is 3.27. The molecule has 33 heavy (non-hydrogen) atoms. The number of ether oxygens (including phenoxy) is 1. The molecular weight excluding hydrogens is 458 g/mol. The monoisotopic (exact) mass is 482 g/mol.